The standard InChI is InChI=1S/C30H23BrN4/c31-25-12-14-27-24(16-25)18-35-19-34(27)17-23-15-22(11-13-26(23)35)30-32-28(20-7-3-1-4-8-20)29(33-30)21-9-5-2-6-10-21/h1-16H,17-19H2,(H,32,33). The highest BCUT2D eigenvalue weighted by Gasteiger charge is 2.29. The van der Waals surface area contributed by atoms with Crippen LogP contribution in [0.1, 0.15) is 11.1 Å². The van der Waals surface area contributed by atoms with Gasteiger partial charge in [0.15, 0.2) is 0 Å². The maximum Gasteiger partial charge on any atom is 0.138 e. The number of hydrogen-bond donors (Lipinski definition) is 1. The lowest BCUT2D eigenvalue weighted by molar-refractivity contribution is 0.651. The van der Waals surface area contributed by atoms with Crippen molar-refractivity contribution in [2.75, 3.05) is 16.5 Å². The fraction of sp³-hybridized carbons (Fsp3) is 0.100. The van der Waals surface area contributed by atoms with E-state index in [2.05, 4.69) is 116 Å². The van der Waals surface area contributed by atoms with Crippen molar-refractivity contribution in [3.8, 4) is 33.9 Å². The smallest absolute Gasteiger partial charge is 0.138 e. The number of benzene rings is 4. The Labute approximate surface area is 213 Å². The van der Waals surface area contributed by atoms with Crippen LogP contribution in [0, 0.1) is 0 Å². The Balaban J connectivity index is 1.30. The molecule has 0 spiro atoms. The van der Waals surface area contributed by atoms with Gasteiger partial charge in [-0.2, -0.15) is 0 Å². The lowest BCUT2D eigenvalue weighted by atomic mass is 10.00. The Morgan fingerprint density at radius 3 is 2.00 bits per heavy atom. The van der Waals surface area contributed by atoms with Crippen molar-refractivity contribution < 1.29 is 0 Å². The third-order valence-electron chi connectivity index (χ3n) is 6.95. The number of aromatic nitrogens is 2. The third-order valence-corrected chi connectivity index (χ3v) is 7.45. The van der Waals surface area contributed by atoms with E-state index >= 15 is 0 Å². The minimum Gasteiger partial charge on any atom is -0.349 e. The quantitative estimate of drug-likeness (QED) is 0.269. The fourth-order valence-corrected chi connectivity index (χ4v) is 5.73. The van der Waals surface area contributed by atoms with Crippen LogP contribution in [-0.4, -0.2) is 16.6 Å². The zero-order chi connectivity index (χ0) is 23.4. The molecule has 3 heterocycles. The number of fused-ring (bicyclic) bond motifs is 6. The molecule has 0 radical (unpaired) electrons. The van der Waals surface area contributed by atoms with Gasteiger partial charge in [0.05, 0.1) is 18.1 Å². The second-order valence-corrected chi connectivity index (χ2v) is 10.1. The molecule has 170 valence electrons. The molecule has 1 aromatic heterocycles. The lowest BCUT2D eigenvalue weighted by Crippen LogP contribution is -2.46. The first kappa shape index (κ1) is 20.5. The van der Waals surface area contributed by atoms with E-state index in [4.69, 9.17) is 4.98 Å². The lowest BCUT2D eigenvalue weighted by Gasteiger charge is -2.45. The van der Waals surface area contributed by atoms with E-state index in [1.807, 2.05) is 12.1 Å². The largest absolute Gasteiger partial charge is 0.349 e. The van der Waals surface area contributed by atoms with Crippen molar-refractivity contribution in [3.05, 3.63) is 113 Å². The highest BCUT2D eigenvalue weighted by atomic mass is 79.9. The monoisotopic (exact) mass is 518 g/mol. The zero-order valence-corrected chi connectivity index (χ0v) is 20.7. The SMILES string of the molecule is Brc1ccc2c(c1)CN1CN2Cc2cc(-c3nc(-c4ccccc4)c(-c4ccccc4)[nH]3)ccc21. The van der Waals surface area contributed by atoms with Gasteiger partial charge in [-0.05, 0) is 47.5 Å². The van der Waals surface area contributed by atoms with Gasteiger partial charge in [0.2, 0.25) is 0 Å². The second-order valence-electron chi connectivity index (χ2n) is 9.19. The second kappa shape index (κ2) is 8.14. The van der Waals surface area contributed by atoms with Crippen LogP contribution < -0.4 is 9.80 Å². The molecule has 0 aliphatic carbocycles. The summed E-state index contributed by atoms with van der Waals surface area (Å²) in [5.74, 6) is 0.899. The van der Waals surface area contributed by atoms with Crippen LogP contribution in [0.25, 0.3) is 33.9 Å². The minimum atomic E-state index is 0.895. The highest BCUT2D eigenvalue weighted by Crippen LogP contribution is 2.40. The third kappa shape index (κ3) is 3.55. The summed E-state index contributed by atoms with van der Waals surface area (Å²) in [6, 6.07) is 34.3. The molecule has 7 rings (SSSR count). The van der Waals surface area contributed by atoms with Crippen LogP contribution in [0.4, 0.5) is 11.4 Å². The van der Waals surface area contributed by atoms with Crippen LogP contribution in [0.2, 0.25) is 0 Å². The summed E-state index contributed by atoms with van der Waals surface area (Å²) < 4.78 is 1.13. The zero-order valence-electron chi connectivity index (χ0n) is 19.1. The molecule has 2 aliphatic heterocycles. The predicted molar refractivity (Wildman–Crippen MR) is 146 cm³/mol. The van der Waals surface area contributed by atoms with E-state index in [-0.39, 0.29) is 0 Å². The van der Waals surface area contributed by atoms with Crippen LogP contribution in [0.15, 0.2) is 102 Å². The molecule has 0 saturated heterocycles. The molecule has 4 nitrogen and oxygen atoms in total. The Bertz CT molecular complexity index is 1480. The van der Waals surface area contributed by atoms with E-state index in [0.29, 0.717) is 0 Å². The Morgan fingerprint density at radius 2 is 1.29 bits per heavy atom. The molecule has 4 aromatic carbocycles. The van der Waals surface area contributed by atoms with E-state index in [1.165, 1.54) is 22.5 Å². The van der Waals surface area contributed by atoms with E-state index in [1.54, 1.807) is 0 Å². The maximum atomic E-state index is 5.11. The number of aromatic amines is 1. The number of anilines is 2. The van der Waals surface area contributed by atoms with E-state index < -0.39 is 0 Å². The molecular weight excluding hydrogens is 496 g/mol. The van der Waals surface area contributed by atoms with Gasteiger partial charge in [-0.3, -0.25) is 0 Å². The van der Waals surface area contributed by atoms with E-state index in [9.17, 15) is 0 Å². The van der Waals surface area contributed by atoms with Gasteiger partial charge in [-0.15, -0.1) is 0 Å². The van der Waals surface area contributed by atoms with E-state index in [0.717, 1.165) is 58.1 Å². The van der Waals surface area contributed by atoms with Gasteiger partial charge in [-0.25, -0.2) is 4.98 Å². The van der Waals surface area contributed by atoms with Crippen molar-refractivity contribution in [1.82, 2.24) is 9.97 Å². The Morgan fingerprint density at radius 1 is 0.657 bits per heavy atom. The van der Waals surface area contributed by atoms with Gasteiger partial charge in [0.25, 0.3) is 0 Å². The van der Waals surface area contributed by atoms with Crippen LogP contribution >= 0.6 is 15.9 Å². The molecule has 2 bridgehead atoms. The summed E-state index contributed by atoms with van der Waals surface area (Å²) in [7, 11) is 0. The molecule has 5 heteroatoms. The van der Waals surface area contributed by atoms with Crippen molar-refractivity contribution in [2.24, 2.45) is 0 Å². The summed E-state index contributed by atoms with van der Waals surface area (Å²) in [6.45, 7) is 2.75. The fourth-order valence-electron chi connectivity index (χ4n) is 5.33. The van der Waals surface area contributed by atoms with Crippen molar-refractivity contribution in [2.45, 2.75) is 13.1 Å². The first-order chi connectivity index (χ1) is 17.2. The summed E-state index contributed by atoms with van der Waals surface area (Å²) >= 11 is 3.63. The normalized spacial score (nSPS) is 14.0. The first-order valence-corrected chi connectivity index (χ1v) is 12.6. The topological polar surface area (TPSA) is 35.2 Å². The summed E-state index contributed by atoms with van der Waals surface area (Å²) in [5, 5.41) is 0. The molecule has 5 aromatic rings. The Kier molecular flexibility index (Phi) is 4.77. The van der Waals surface area contributed by atoms with Gasteiger partial charge < -0.3 is 14.8 Å². The number of hydrogen-bond acceptors (Lipinski definition) is 3. The number of imidazole rings is 1. The van der Waals surface area contributed by atoms with Crippen LogP contribution in [0.3, 0.4) is 0 Å². The molecule has 0 atom stereocenters. The van der Waals surface area contributed by atoms with Crippen LogP contribution in [0.5, 0.6) is 0 Å². The molecule has 0 saturated carbocycles. The molecule has 35 heavy (non-hydrogen) atoms. The number of nitrogens with zero attached hydrogens (tertiary/aromatic N) is 3. The number of halogens is 1. The average molecular weight is 519 g/mol. The molecule has 1 N–H and O–H groups in total. The molecule has 0 fully saturated rings. The minimum absolute atomic E-state index is 0.895. The summed E-state index contributed by atoms with van der Waals surface area (Å²) in [4.78, 5) is 13.7. The van der Waals surface area contributed by atoms with Gasteiger partial charge in [0.1, 0.15) is 5.82 Å². The van der Waals surface area contributed by atoms with Crippen LogP contribution in [-0.2, 0) is 13.1 Å². The Hall–Kier alpha value is -3.83. The summed E-state index contributed by atoms with van der Waals surface area (Å²) in [6.07, 6.45) is 0. The number of rotatable bonds is 3. The molecule has 2 aliphatic rings. The number of H-pyrrole nitrogens is 1. The van der Waals surface area contributed by atoms with Gasteiger partial charge >= 0.3 is 0 Å². The predicted octanol–water partition coefficient (Wildman–Crippen LogP) is 7.47. The van der Waals surface area contributed by atoms with Crippen molar-refractivity contribution in [3.63, 3.8) is 0 Å². The average Bonchev–Trinajstić information content (AvgIpc) is 3.35. The molecule has 0 unspecified atom stereocenters. The van der Waals surface area contributed by atoms with Gasteiger partial charge in [0, 0.05) is 45.6 Å². The van der Waals surface area contributed by atoms with Crippen molar-refractivity contribution in [1.29, 1.82) is 0 Å². The number of nitrogens with one attached hydrogen (secondary N) is 1. The molecule has 0 amide bonds. The summed E-state index contributed by atoms with van der Waals surface area (Å²) in [5.41, 5.74) is 10.7. The maximum absolute atomic E-state index is 5.11. The first-order valence-electron chi connectivity index (χ1n) is 11.9. The highest BCUT2D eigenvalue weighted by molar-refractivity contribution is 9.10. The van der Waals surface area contributed by atoms with Gasteiger partial charge in [-0.1, -0.05) is 76.6 Å². The molecular formula is C30H23BrN4. The van der Waals surface area contributed by atoms with Crippen molar-refractivity contribution >= 4 is 27.3 Å².